The summed E-state index contributed by atoms with van der Waals surface area (Å²) in [6, 6.07) is 1.14. The quantitative estimate of drug-likeness (QED) is 0.847. The number of ether oxygens (including phenoxy) is 1. The minimum atomic E-state index is -0.411. The molecule has 17 heavy (non-hydrogen) atoms. The predicted octanol–water partition coefficient (Wildman–Crippen LogP) is 0.975. The van der Waals surface area contributed by atoms with Gasteiger partial charge in [0, 0.05) is 17.8 Å². The van der Waals surface area contributed by atoms with Crippen LogP contribution in [-0.2, 0) is 4.74 Å². The number of H-pyrrole nitrogens is 1. The number of aromatic amines is 1. The molecule has 0 radical (unpaired) electrons. The molecule has 0 amide bonds. The van der Waals surface area contributed by atoms with E-state index >= 15 is 0 Å². The van der Waals surface area contributed by atoms with Crippen LogP contribution in [0.1, 0.15) is 20.7 Å². The number of methoxy groups -OCH3 is 1. The van der Waals surface area contributed by atoms with Crippen molar-refractivity contribution >= 4 is 23.3 Å². The van der Waals surface area contributed by atoms with Gasteiger partial charge < -0.3 is 9.72 Å². The fourth-order valence-electron chi connectivity index (χ4n) is 1.67. The summed E-state index contributed by atoms with van der Waals surface area (Å²) in [6.45, 7) is 0. The molecule has 0 aliphatic heterocycles. The molecule has 0 fully saturated rings. The second-order valence-electron chi connectivity index (χ2n) is 3.35. The Morgan fingerprint density at radius 3 is 2.47 bits per heavy atom. The minimum Gasteiger partial charge on any atom is -0.491 e. The summed E-state index contributed by atoms with van der Waals surface area (Å²) < 4.78 is 4.96. The van der Waals surface area contributed by atoms with E-state index in [-0.39, 0.29) is 33.4 Å². The van der Waals surface area contributed by atoms with Gasteiger partial charge in [-0.05, 0) is 6.26 Å². The molecule has 1 N–H and O–H groups in total. The first-order chi connectivity index (χ1) is 8.10. The monoisotopic (exact) mass is 251 g/mol. The molecule has 0 spiro atoms. The van der Waals surface area contributed by atoms with Gasteiger partial charge in [-0.3, -0.25) is 14.4 Å². The lowest BCUT2D eigenvalue weighted by molar-refractivity contribution is 0.0913. The first-order valence-corrected chi connectivity index (χ1v) is 5.97. The number of carbonyl (C=O) groups is 2. The van der Waals surface area contributed by atoms with Gasteiger partial charge in [-0.2, -0.15) is 0 Å². The van der Waals surface area contributed by atoms with Gasteiger partial charge in [-0.25, -0.2) is 0 Å². The van der Waals surface area contributed by atoms with Crippen molar-refractivity contribution in [2.24, 2.45) is 0 Å². The van der Waals surface area contributed by atoms with Crippen molar-refractivity contribution in [2.75, 3.05) is 13.4 Å². The number of aromatic nitrogens is 1. The van der Waals surface area contributed by atoms with Crippen LogP contribution in [0.15, 0.2) is 27.7 Å². The molecule has 1 aliphatic carbocycles. The van der Waals surface area contributed by atoms with Crippen LogP contribution in [-0.4, -0.2) is 29.9 Å². The molecular formula is C11H9NO4S. The highest BCUT2D eigenvalue weighted by Gasteiger charge is 2.33. The second kappa shape index (κ2) is 4.21. The fourth-order valence-corrected chi connectivity index (χ4v) is 2.33. The summed E-state index contributed by atoms with van der Waals surface area (Å²) in [6.07, 6.45) is 2.92. The van der Waals surface area contributed by atoms with Gasteiger partial charge in [0.15, 0.2) is 5.76 Å². The Balaban J connectivity index is 2.72. The van der Waals surface area contributed by atoms with Crippen molar-refractivity contribution in [3.05, 3.63) is 44.4 Å². The molecule has 0 saturated heterocycles. The second-order valence-corrected chi connectivity index (χ2v) is 4.17. The van der Waals surface area contributed by atoms with Crippen molar-refractivity contribution in [1.29, 1.82) is 0 Å². The molecule has 0 bridgehead atoms. The molecule has 0 aromatic carbocycles. The lowest BCUT2D eigenvalue weighted by Crippen LogP contribution is -2.24. The highest BCUT2D eigenvalue weighted by atomic mass is 32.2. The summed E-state index contributed by atoms with van der Waals surface area (Å²) in [7, 11) is 1.34. The van der Waals surface area contributed by atoms with E-state index in [4.69, 9.17) is 4.74 Å². The molecule has 1 aromatic rings. The predicted molar refractivity (Wildman–Crippen MR) is 63.3 cm³/mol. The third-order valence-electron chi connectivity index (χ3n) is 2.44. The van der Waals surface area contributed by atoms with Crippen LogP contribution in [0, 0.1) is 0 Å². The summed E-state index contributed by atoms with van der Waals surface area (Å²) in [5, 5.41) is 0. The van der Waals surface area contributed by atoms with E-state index in [9.17, 15) is 14.4 Å². The standard InChI is InChI=1S/C11H9NO4S/c1-16-10-8(14)6-4-12-7(13)3-5(6)9(15)11(10)17-2/h3-4H,1-2H3,(H,12,13). The van der Waals surface area contributed by atoms with Crippen LogP contribution in [0.4, 0.5) is 0 Å². The highest BCUT2D eigenvalue weighted by Crippen LogP contribution is 2.30. The normalized spacial score (nSPS) is 14.9. The van der Waals surface area contributed by atoms with Crippen molar-refractivity contribution in [1.82, 2.24) is 4.98 Å². The number of fused-ring (bicyclic) bond motifs is 1. The number of hydrogen-bond acceptors (Lipinski definition) is 5. The Bertz CT molecular complexity index is 600. The SMILES string of the molecule is COC1=C(SC)C(=O)c2cc(=O)[nH]cc2C1=O. The molecular weight excluding hydrogens is 242 g/mol. The van der Waals surface area contributed by atoms with E-state index in [1.807, 2.05) is 0 Å². The van der Waals surface area contributed by atoms with Crippen molar-refractivity contribution in [2.45, 2.75) is 0 Å². The maximum atomic E-state index is 12.1. The number of thioether (sulfide) groups is 1. The van der Waals surface area contributed by atoms with E-state index in [2.05, 4.69) is 4.98 Å². The summed E-state index contributed by atoms with van der Waals surface area (Å²) in [5.41, 5.74) is -0.112. The van der Waals surface area contributed by atoms with Gasteiger partial charge in [0.05, 0.1) is 12.7 Å². The highest BCUT2D eigenvalue weighted by molar-refractivity contribution is 8.03. The van der Waals surface area contributed by atoms with E-state index in [0.29, 0.717) is 0 Å². The zero-order valence-corrected chi connectivity index (χ0v) is 10.0. The molecule has 2 rings (SSSR count). The van der Waals surface area contributed by atoms with E-state index in [0.717, 1.165) is 17.8 Å². The van der Waals surface area contributed by atoms with Gasteiger partial charge in [0.1, 0.15) is 4.91 Å². The number of hydrogen-bond donors (Lipinski definition) is 1. The van der Waals surface area contributed by atoms with Crippen LogP contribution in [0.5, 0.6) is 0 Å². The summed E-state index contributed by atoms with van der Waals surface area (Å²) in [4.78, 5) is 37.8. The van der Waals surface area contributed by atoms with Gasteiger partial charge in [-0.1, -0.05) is 0 Å². The summed E-state index contributed by atoms with van der Waals surface area (Å²) in [5.74, 6) is -0.709. The van der Waals surface area contributed by atoms with E-state index in [1.165, 1.54) is 13.3 Å². The molecule has 1 heterocycles. The van der Waals surface area contributed by atoms with Crippen molar-refractivity contribution in [3.63, 3.8) is 0 Å². The van der Waals surface area contributed by atoms with Gasteiger partial charge in [0.25, 0.3) is 0 Å². The number of ketones is 2. The zero-order chi connectivity index (χ0) is 12.6. The van der Waals surface area contributed by atoms with E-state index in [1.54, 1.807) is 6.26 Å². The zero-order valence-electron chi connectivity index (χ0n) is 9.20. The third-order valence-corrected chi connectivity index (χ3v) is 3.22. The fraction of sp³-hybridized carbons (Fsp3) is 0.182. The van der Waals surface area contributed by atoms with Gasteiger partial charge in [0.2, 0.25) is 17.1 Å². The Hall–Kier alpha value is -1.82. The molecule has 1 aromatic heterocycles. The number of carbonyl (C=O) groups excluding carboxylic acids is 2. The molecule has 0 saturated carbocycles. The van der Waals surface area contributed by atoms with Crippen LogP contribution < -0.4 is 5.56 Å². The Morgan fingerprint density at radius 2 is 1.88 bits per heavy atom. The molecule has 88 valence electrons. The topological polar surface area (TPSA) is 76.2 Å². The number of Topliss-reactive ketones (excluding diaryl/α,β-unsaturated/α-hetero) is 2. The first-order valence-electron chi connectivity index (χ1n) is 4.74. The van der Waals surface area contributed by atoms with Crippen LogP contribution in [0.25, 0.3) is 0 Å². The average molecular weight is 251 g/mol. The van der Waals surface area contributed by atoms with Crippen LogP contribution in [0.3, 0.4) is 0 Å². The largest absolute Gasteiger partial charge is 0.491 e. The molecule has 0 unspecified atom stereocenters. The molecule has 5 nitrogen and oxygen atoms in total. The van der Waals surface area contributed by atoms with Crippen molar-refractivity contribution < 1.29 is 14.3 Å². The van der Waals surface area contributed by atoms with Crippen LogP contribution >= 0.6 is 11.8 Å². The minimum absolute atomic E-state index is 0.0297. The first kappa shape index (κ1) is 11.7. The Labute approximate surface area is 101 Å². The Kier molecular flexibility index (Phi) is 2.89. The maximum absolute atomic E-state index is 12.1. The summed E-state index contributed by atoms with van der Waals surface area (Å²) >= 11 is 1.13. The maximum Gasteiger partial charge on any atom is 0.248 e. The number of rotatable bonds is 2. The molecule has 0 atom stereocenters. The smallest absolute Gasteiger partial charge is 0.248 e. The number of pyridine rings is 1. The van der Waals surface area contributed by atoms with Crippen LogP contribution in [0.2, 0.25) is 0 Å². The number of nitrogens with one attached hydrogen (secondary N) is 1. The molecule has 6 heteroatoms. The number of allylic oxidation sites excluding steroid dienone is 2. The lowest BCUT2D eigenvalue weighted by atomic mass is 9.95. The van der Waals surface area contributed by atoms with E-state index < -0.39 is 5.56 Å². The van der Waals surface area contributed by atoms with Gasteiger partial charge >= 0.3 is 0 Å². The van der Waals surface area contributed by atoms with Crippen molar-refractivity contribution in [3.8, 4) is 0 Å². The third kappa shape index (κ3) is 1.70. The Morgan fingerprint density at radius 1 is 1.18 bits per heavy atom. The average Bonchev–Trinajstić information content (AvgIpc) is 2.33. The molecule has 1 aliphatic rings. The van der Waals surface area contributed by atoms with Gasteiger partial charge in [-0.15, -0.1) is 11.8 Å². The lowest BCUT2D eigenvalue weighted by Gasteiger charge is -2.17.